The Kier molecular flexibility index (Phi) is 3.78. The third kappa shape index (κ3) is 2.44. The third-order valence-corrected chi connectivity index (χ3v) is 3.64. The predicted molar refractivity (Wildman–Crippen MR) is 71.3 cm³/mol. The summed E-state index contributed by atoms with van der Waals surface area (Å²) in [6.45, 7) is 1.86. The smallest absolute Gasteiger partial charge is 0.137 e. The largest absolute Gasteiger partial charge is 0.320 e. The molecule has 2 aromatic rings. The van der Waals surface area contributed by atoms with Gasteiger partial charge in [0, 0.05) is 5.56 Å². The number of hydrogen-bond donors (Lipinski definition) is 1. The molecule has 0 fully saturated rings. The van der Waals surface area contributed by atoms with Gasteiger partial charge in [0.1, 0.15) is 11.6 Å². The van der Waals surface area contributed by atoms with E-state index in [0.29, 0.717) is 11.1 Å². The second-order valence-corrected chi connectivity index (χ2v) is 4.94. The van der Waals surface area contributed by atoms with Crippen LogP contribution in [0.15, 0.2) is 40.9 Å². The Morgan fingerprint density at radius 3 is 2.50 bits per heavy atom. The van der Waals surface area contributed by atoms with Gasteiger partial charge in [-0.05, 0) is 40.5 Å². The molecule has 0 radical (unpaired) electrons. The standard InChI is InChI=1S/C14H12BrF2N/c1-8-5-6-11(16)10(7-8)14(18)9-3-2-4-12(17)13(9)15/h2-7,14H,18H2,1H3. The lowest BCUT2D eigenvalue weighted by molar-refractivity contribution is 0.593. The minimum atomic E-state index is -0.699. The van der Waals surface area contributed by atoms with Crippen molar-refractivity contribution in [1.29, 1.82) is 0 Å². The van der Waals surface area contributed by atoms with Crippen LogP contribution in [0, 0.1) is 18.6 Å². The Balaban J connectivity index is 2.51. The van der Waals surface area contributed by atoms with Crippen LogP contribution in [0.5, 0.6) is 0 Å². The van der Waals surface area contributed by atoms with Crippen LogP contribution in [0.1, 0.15) is 22.7 Å². The maximum absolute atomic E-state index is 13.7. The summed E-state index contributed by atoms with van der Waals surface area (Å²) in [5.74, 6) is -0.791. The van der Waals surface area contributed by atoms with Crippen molar-refractivity contribution in [3.05, 3.63) is 69.2 Å². The molecule has 0 spiro atoms. The highest BCUT2D eigenvalue weighted by atomic mass is 79.9. The average molecular weight is 312 g/mol. The Hall–Kier alpha value is -1.26. The molecule has 2 rings (SSSR count). The molecule has 0 heterocycles. The second-order valence-electron chi connectivity index (χ2n) is 4.15. The van der Waals surface area contributed by atoms with Gasteiger partial charge in [0.15, 0.2) is 0 Å². The summed E-state index contributed by atoms with van der Waals surface area (Å²) < 4.78 is 27.5. The van der Waals surface area contributed by atoms with Crippen LogP contribution >= 0.6 is 15.9 Å². The number of halogens is 3. The van der Waals surface area contributed by atoms with E-state index in [1.165, 1.54) is 12.1 Å². The second kappa shape index (κ2) is 5.16. The van der Waals surface area contributed by atoms with E-state index in [2.05, 4.69) is 15.9 Å². The molecule has 1 nitrogen and oxygen atoms in total. The fourth-order valence-electron chi connectivity index (χ4n) is 1.83. The molecule has 0 aliphatic carbocycles. The normalized spacial score (nSPS) is 12.5. The highest BCUT2D eigenvalue weighted by Gasteiger charge is 2.17. The minimum Gasteiger partial charge on any atom is -0.320 e. The van der Waals surface area contributed by atoms with Gasteiger partial charge in [0.25, 0.3) is 0 Å². The van der Waals surface area contributed by atoms with Crippen LogP contribution < -0.4 is 5.73 Å². The highest BCUT2D eigenvalue weighted by molar-refractivity contribution is 9.10. The molecule has 18 heavy (non-hydrogen) atoms. The molecular formula is C14H12BrF2N. The molecule has 2 N–H and O–H groups in total. The third-order valence-electron chi connectivity index (χ3n) is 2.80. The lowest BCUT2D eigenvalue weighted by Gasteiger charge is -2.16. The van der Waals surface area contributed by atoms with E-state index in [4.69, 9.17) is 5.73 Å². The molecule has 4 heteroatoms. The van der Waals surface area contributed by atoms with Gasteiger partial charge in [0.2, 0.25) is 0 Å². The van der Waals surface area contributed by atoms with Gasteiger partial charge >= 0.3 is 0 Å². The van der Waals surface area contributed by atoms with Crippen LogP contribution in [0.3, 0.4) is 0 Å². The van der Waals surface area contributed by atoms with E-state index < -0.39 is 11.9 Å². The van der Waals surface area contributed by atoms with Gasteiger partial charge in [-0.15, -0.1) is 0 Å². The van der Waals surface area contributed by atoms with Crippen molar-refractivity contribution in [2.75, 3.05) is 0 Å². The van der Waals surface area contributed by atoms with Crippen molar-refractivity contribution in [2.45, 2.75) is 13.0 Å². The van der Waals surface area contributed by atoms with E-state index >= 15 is 0 Å². The monoisotopic (exact) mass is 311 g/mol. The number of rotatable bonds is 2. The summed E-state index contributed by atoms with van der Waals surface area (Å²) >= 11 is 3.14. The Bertz CT molecular complexity index is 582. The SMILES string of the molecule is Cc1ccc(F)c(C(N)c2cccc(F)c2Br)c1. The summed E-state index contributed by atoms with van der Waals surface area (Å²) in [6.07, 6.45) is 0. The van der Waals surface area contributed by atoms with Crippen molar-refractivity contribution in [3.63, 3.8) is 0 Å². The molecule has 1 atom stereocenters. The Labute approximate surface area is 113 Å². The lowest BCUT2D eigenvalue weighted by Crippen LogP contribution is -2.15. The zero-order valence-corrected chi connectivity index (χ0v) is 11.3. The molecule has 1 unspecified atom stereocenters. The van der Waals surface area contributed by atoms with Gasteiger partial charge in [-0.3, -0.25) is 0 Å². The van der Waals surface area contributed by atoms with Crippen molar-refractivity contribution < 1.29 is 8.78 Å². The summed E-state index contributed by atoms with van der Waals surface area (Å²) in [5, 5.41) is 0. The summed E-state index contributed by atoms with van der Waals surface area (Å²) in [4.78, 5) is 0. The first kappa shape index (κ1) is 13.2. The Morgan fingerprint density at radius 2 is 1.78 bits per heavy atom. The summed E-state index contributed by atoms with van der Waals surface area (Å²) in [6, 6.07) is 8.59. The molecule has 0 saturated heterocycles. The highest BCUT2D eigenvalue weighted by Crippen LogP contribution is 2.30. The van der Waals surface area contributed by atoms with E-state index in [1.807, 2.05) is 6.92 Å². The van der Waals surface area contributed by atoms with Crippen LogP contribution in [0.4, 0.5) is 8.78 Å². The van der Waals surface area contributed by atoms with Gasteiger partial charge in [-0.1, -0.05) is 29.8 Å². The fraction of sp³-hybridized carbons (Fsp3) is 0.143. The van der Waals surface area contributed by atoms with E-state index in [-0.39, 0.29) is 10.3 Å². The first-order valence-corrected chi connectivity index (χ1v) is 6.25. The van der Waals surface area contributed by atoms with Gasteiger partial charge in [0.05, 0.1) is 10.5 Å². The lowest BCUT2D eigenvalue weighted by atomic mass is 9.97. The zero-order valence-electron chi connectivity index (χ0n) is 9.75. The van der Waals surface area contributed by atoms with Crippen LogP contribution in [0.2, 0.25) is 0 Å². The van der Waals surface area contributed by atoms with Crippen molar-refractivity contribution in [2.24, 2.45) is 5.73 Å². The maximum atomic E-state index is 13.7. The summed E-state index contributed by atoms with van der Waals surface area (Å²) in [7, 11) is 0. The molecule has 94 valence electrons. The van der Waals surface area contributed by atoms with Gasteiger partial charge in [-0.2, -0.15) is 0 Å². The van der Waals surface area contributed by atoms with Crippen molar-refractivity contribution in [1.82, 2.24) is 0 Å². The number of hydrogen-bond acceptors (Lipinski definition) is 1. The summed E-state index contributed by atoms with van der Waals surface area (Å²) in [5.41, 5.74) is 7.82. The Morgan fingerprint density at radius 1 is 1.06 bits per heavy atom. The van der Waals surface area contributed by atoms with E-state index in [9.17, 15) is 8.78 Å². The molecule has 0 aliphatic rings. The minimum absolute atomic E-state index is 0.276. The maximum Gasteiger partial charge on any atom is 0.137 e. The molecule has 0 saturated carbocycles. The quantitative estimate of drug-likeness (QED) is 0.888. The fourth-order valence-corrected chi connectivity index (χ4v) is 2.34. The van der Waals surface area contributed by atoms with Crippen LogP contribution in [-0.2, 0) is 0 Å². The first-order valence-electron chi connectivity index (χ1n) is 5.46. The number of nitrogens with two attached hydrogens (primary N) is 1. The van der Waals surface area contributed by atoms with Gasteiger partial charge in [-0.25, -0.2) is 8.78 Å². The van der Waals surface area contributed by atoms with Crippen LogP contribution in [-0.4, -0.2) is 0 Å². The van der Waals surface area contributed by atoms with Gasteiger partial charge < -0.3 is 5.73 Å². The topological polar surface area (TPSA) is 26.0 Å². The molecule has 2 aromatic carbocycles. The average Bonchev–Trinajstić information content (AvgIpc) is 2.35. The molecule has 0 amide bonds. The van der Waals surface area contributed by atoms with Crippen LogP contribution in [0.25, 0.3) is 0 Å². The molecule has 0 bridgehead atoms. The van der Waals surface area contributed by atoms with E-state index in [1.54, 1.807) is 24.3 Å². The number of aryl methyl sites for hydroxylation is 1. The predicted octanol–water partition coefficient (Wildman–Crippen LogP) is 4.08. The first-order chi connectivity index (χ1) is 8.50. The van der Waals surface area contributed by atoms with Crippen molar-refractivity contribution >= 4 is 15.9 Å². The molecule has 0 aromatic heterocycles. The molecular weight excluding hydrogens is 300 g/mol. The molecule has 0 aliphatic heterocycles. The zero-order chi connectivity index (χ0) is 13.3. The van der Waals surface area contributed by atoms with Crippen molar-refractivity contribution in [3.8, 4) is 0 Å². The van der Waals surface area contributed by atoms with E-state index in [0.717, 1.165) is 5.56 Å². The number of benzene rings is 2.